The highest BCUT2D eigenvalue weighted by molar-refractivity contribution is 6.52. The van der Waals surface area contributed by atoms with Gasteiger partial charge >= 0.3 is 5.97 Å². The monoisotopic (exact) mass is 312 g/mol. The fourth-order valence-electron chi connectivity index (χ4n) is 1.71. The van der Waals surface area contributed by atoms with E-state index in [0.29, 0.717) is 12.3 Å². The van der Waals surface area contributed by atoms with E-state index >= 15 is 0 Å². The minimum Gasteiger partial charge on any atom is -0.455 e. The van der Waals surface area contributed by atoms with Crippen molar-refractivity contribution in [2.45, 2.75) is 17.4 Å². The number of carbonyl (C=O) groups is 1. The van der Waals surface area contributed by atoms with E-state index in [9.17, 15) is 4.79 Å². The molecule has 1 fully saturated rings. The molecule has 5 nitrogen and oxygen atoms in total. The van der Waals surface area contributed by atoms with Gasteiger partial charge in [0.15, 0.2) is 6.61 Å². The molecule has 0 saturated heterocycles. The maximum absolute atomic E-state index is 11.6. The molecule has 104 valence electrons. The number of ether oxygens (including phenoxy) is 1. The smallest absolute Gasteiger partial charge is 0.312 e. The number of hydrogen-bond donors (Lipinski definition) is 0. The van der Waals surface area contributed by atoms with E-state index in [4.69, 9.17) is 32.4 Å². The lowest BCUT2D eigenvalue weighted by Gasteiger charge is -2.01. The van der Waals surface area contributed by atoms with Crippen LogP contribution in [0.25, 0.3) is 11.5 Å². The Hall–Kier alpha value is -1.59. The van der Waals surface area contributed by atoms with Gasteiger partial charge in [0.2, 0.25) is 5.89 Å². The maximum atomic E-state index is 11.6. The van der Waals surface area contributed by atoms with E-state index < -0.39 is 16.2 Å². The standard InChI is InChI=1S/C13H10Cl2N2O3/c14-13(15)6-9(13)12(18)19-7-10-16-17-11(20-10)8-4-2-1-3-5-8/h1-5,9H,6-7H2/t9-/m0/s1. The first-order valence-electron chi connectivity index (χ1n) is 5.98. The summed E-state index contributed by atoms with van der Waals surface area (Å²) in [6.07, 6.45) is 0.411. The van der Waals surface area contributed by atoms with E-state index in [1.807, 2.05) is 30.3 Å². The Balaban J connectivity index is 1.60. The largest absolute Gasteiger partial charge is 0.455 e. The molecule has 1 atom stereocenters. The quantitative estimate of drug-likeness (QED) is 0.641. The van der Waals surface area contributed by atoms with Crippen molar-refractivity contribution in [3.63, 3.8) is 0 Å². The number of esters is 1. The summed E-state index contributed by atoms with van der Waals surface area (Å²) < 4.78 is 9.45. The summed E-state index contributed by atoms with van der Waals surface area (Å²) in [7, 11) is 0. The zero-order valence-electron chi connectivity index (χ0n) is 10.3. The van der Waals surface area contributed by atoms with E-state index in [0.717, 1.165) is 5.56 Å². The number of benzene rings is 1. The van der Waals surface area contributed by atoms with E-state index in [1.165, 1.54) is 0 Å². The van der Waals surface area contributed by atoms with Crippen LogP contribution in [0.15, 0.2) is 34.7 Å². The Morgan fingerprint density at radius 2 is 2.05 bits per heavy atom. The molecule has 1 heterocycles. The second-order valence-electron chi connectivity index (χ2n) is 4.49. The second kappa shape index (κ2) is 5.07. The van der Waals surface area contributed by atoms with Crippen LogP contribution in [0.4, 0.5) is 0 Å². The molecule has 0 unspecified atom stereocenters. The fraction of sp³-hybridized carbons (Fsp3) is 0.308. The van der Waals surface area contributed by atoms with Gasteiger partial charge in [-0.05, 0) is 18.6 Å². The van der Waals surface area contributed by atoms with Crippen molar-refractivity contribution in [2.24, 2.45) is 5.92 Å². The van der Waals surface area contributed by atoms with Crippen LogP contribution in [0.3, 0.4) is 0 Å². The third-order valence-electron chi connectivity index (χ3n) is 2.94. The average Bonchev–Trinajstić information content (AvgIpc) is 2.89. The number of hydrogen-bond acceptors (Lipinski definition) is 5. The molecule has 20 heavy (non-hydrogen) atoms. The molecule has 1 aliphatic carbocycles. The molecule has 0 N–H and O–H groups in total. The predicted octanol–water partition coefficient (Wildman–Crippen LogP) is 2.97. The third-order valence-corrected chi connectivity index (χ3v) is 3.77. The van der Waals surface area contributed by atoms with E-state index in [2.05, 4.69) is 10.2 Å². The normalized spacial score (nSPS) is 19.6. The molecule has 0 spiro atoms. The average molecular weight is 313 g/mol. The minimum absolute atomic E-state index is 0.0843. The Morgan fingerprint density at radius 1 is 1.35 bits per heavy atom. The lowest BCUT2D eigenvalue weighted by atomic mass is 10.2. The first kappa shape index (κ1) is 13.4. The Labute approximate surface area is 124 Å². The zero-order valence-corrected chi connectivity index (χ0v) is 11.8. The van der Waals surface area contributed by atoms with Gasteiger partial charge in [0.25, 0.3) is 5.89 Å². The summed E-state index contributed by atoms with van der Waals surface area (Å²) in [4.78, 5) is 11.6. The van der Waals surface area contributed by atoms with Gasteiger partial charge in [-0.2, -0.15) is 0 Å². The van der Waals surface area contributed by atoms with Gasteiger partial charge in [-0.3, -0.25) is 4.79 Å². The van der Waals surface area contributed by atoms with Crippen LogP contribution >= 0.6 is 23.2 Å². The number of alkyl halides is 2. The van der Waals surface area contributed by atoms with Gasteiger partial charge in [-0.1, -0.05) is 18.2 Å². The van der Waals surface area contributed by atoms with Crippen molar-refractivity contribution in [3.05, 3.63) is 36.2 Å². The lowest BCUT2D eigenvalue weighted by molar-refractivity contribution is -0.147. The summed E-state index contributed by atoms with van der Waals surface area (Å²) in [5, 5.41) is 7.71. The summed E-state index contributed by atoms with van der Waals surface area (Å²) >= 11 is 11.6. The SMILES string of the molecule is O=C(OCc1nnc(-c2ccccc2)o1)[C@@H]1CC1(Cl)Cl. The summed E-state index contributed by atoms with van der Waals surface area (Å²) in [6, 6.07) is 9.33. The van der Waals surface area contributed by atoms with Gasteiger partial charge in [-0.25, -0.2) is 0 Å². The minimum atomic E-state index is -0.985. The molecule has 0 aliphatic heterocycles. The molecule has 1 saturated carbocycles. The Kier molecular flexibility index (Phi) is 3.40. The first-order chi connectivity index (χ1) is 9.56. The number of halogens is 2. The van der Waals surface area contributed by atoms with Crippen molar-refractivity contribution >= 4 is 29.2 Å². The molecule has 1 aliphatic rings. The van der Waals surface area contributed by atoms with Crippen LogP contribution in [0.5, 0.6) is 0 Å². The topological polar surface area (TPSA) is 65.2 Å². The van der Waals surface area contributed by atoms with Crippen molar-refractivity contribution in [1.82, 2.24) is 10.2 Å². The van der Waals surface area contributed by atoms with Crippen LogP contribution in [0.2, 0.25) is 0 Å². The van der Waals surface area contributed by atoms with E-state index in [-0.39, 0.29) is 12.5 Å². The molecule has 0 bridgehead atoms. The van der Waals surface area contributed by atoms with Gasteiger partial charge in [0.05, 0.1) is 5.92 Å². The van der Waals surface area contributed by atoms with Crippen LogP contribution in [-0.4, -0.2) is 20.5 Å². The summed E-state index contributed by atoms with van der Waals surface area (Å²) in [5.74, 6) is -0.309. The predicted molar refractivity (Wildman–Crippen MR) is 72.1 cm³/mol. The Bertz CT molecular complexity index is 628. The van der Waals surface area contributed by atoms with Crippen molar-refractivity contribution < 1.29 is 13.9 Å². The molecule has 0 radical (unpaired) electrons. The molecule has 3 rings (SSSR count). The van der Waals surface area contributed by atoms with Gasteiger partial charge in [-0.15, -0.1) is 33.4 Å². The number of aromatic nitrogens is 2. The fourth-order valence-corrected chi connectivity index (χ4v) is 2.20. The van der Waals surface area contributed by atoms with Crippen molar-refractivity contribution in [1.29, 1.82) is 0 Å². The highest BCUT2D eigenvalue weighted by Crippen LogP contribution is 2.53. The van der Waals surface area contributed by atoms with E-state index in [1.54, 1.807) is 0 Å². The first-order valence-corrected chi connectivity index (χ1v) is 6.74. The van der Waals surface area contributed by atoms with Gasteiger partial charge in [0.1, 0.15) is 4.33 Å². The zero-order chi connectivity index (χ0) is 14.2. The maximum Gasteiger partial charge on any atom is 0.312 e. The molecule has 1 aromatic heterocycles. The molecule has 1 aromatic carbocycles. The highest BCUT2D eigenvalue weighted by Gasteiger charge is 2.57. The number of carbonyl (C=O) groups excluding carboxylic acids is 1. The van der Waals surface area contributed by atoms with Crippen molar-refractivity contribution in [2.75, 3.05) is 0 Å². The molecule has 0 amide bonds. The summed E-state index contributed by atoms with van der Waals surface area (Å²) in [5.41, 5.74) is 0.806. The molecular formula is C13H10Cl2N2O3. The Morgan fingerprint density at radius 3 is 2.70 bits per heavy atom. The molecule has 7 heteroatoms. The van der Waals surface area contributed by atoms with Crippen LogP contribution in [0.1, 0.15) is 12.3 Å². The summed E-state index contributed by atoms with van der Waals surface area (Å²) in [6.45, 7) is -0.0843. The number of rotatable bonds is 4. The van der Waals surface area contributed by atoms with Gasteiger partial charge < -0.3 is 9.15 Å². The van der Waals surface area contributed by atoms with Crippen LogP contribution in [0, 0.1) is 5.92 Å². The van der Waals surface area contributed by atoms with Gasteiger partial charge in [0, 0.05) is 5.56 Å². The van der Waals surface area contributed by atoms with Crippen molar-refractivity contribution in [3.8, 4) is 11.5 Å². The second-order valence-corrected chi connectivity index (χ2v) is 6.03. The third kappa shape index (κ3) is 2.78. The number of nitrogens with zero attached hydrogens (tertiary/aromatic N) is 2. The molecule has 2 aromatic rings. The van der Waals surface area contributed by atoms with Crippen LogP contribution < -0.4 is 0 Å². The van der Waals surface area contributed by atoms with Crippen LogP contribution in [-0.2, 0) is 16.1 Å². The lowest BCUT2D eigenvalue weighted by Crippen LogP contribution is -2.10. The molecular weight excluding hydrogens is 303 g/mol. The highest BCUT2D eigenvalue weighted by atomic mass is 35.5.